The highest BCUT2D eigenvalue weighted by atomic mass is 19.1. The molecular formula is C10H16FNO2. The minimum Gasteiger partial charge on any atom is -0.495 e. The highest BCUT2D eigenvalue weighted by Crippen LogP contribution is 2.24. The van der Waals surface area contributed by atoms with Crippen LogP contribution in [-0.2, 0) is 0 Å². The second-order valence-electron chi connectivity index (χ2n) is 2.27. The number of hydrogen-bond acceptors (Lipinski definition) is 3. The molecular weight excluding hydrogens is 185 g/mol. The van der Waals surface area contributed by atoms with Crippen LogP contribution in [0.4, 0.5) is 4.39 Å². The normalized spacial score (nSPS) is 8.71. The van der Waals surface area contributed by atoms with Crippen molar-refractivity contribution in [3.05, 3.63) is 17.6 Å². The van der Waals surface area contributed by atoms with E-state index in [4.69, 9.17) is 4.74 Å². The lowest BCUT2D eigenvalue weighted by molar-refractivity contribution is 0.356. The average Bonchev–Trinajstić information content (AvgIpc) is 2.25. The van der Waals surface area contributed by atoms with Gasteiger partial charge in [-0.25, -0.2) is 9.37 Å². The highest BCUT2D eigenvalue weighted by molar-refractivity contribution is 5.35. The van der Waals surface area contributed by atoms with Gasteiger partial charge in [0.1, 0.15) is 5.75 Å². The molecule has 0 aromatic carbocycles. The summed E-state index contributed by atoms with van der Waals surface area (Å²) in [5, 5.41) is 0. The van der Waals surface area contributed by atoms with Crippen LogP contribution in [0.15, 0.2) is 6.20 Å². The first-order valence-electron chi connectivity index (χ1n) is 4.43. The molecule has 0 aliphatic heterocycles. The molecule has 0 spiro atoms. The van der Waals surface area contributed by atoms with Crippen molar-refractivity contribution < 1.29 is 13.9 Å². The van der Waals surface area contributed by atoms with Crippen molar-refractivity contribution in [2.24, 2.45) is 0 Å². The Hall–Kier alpha value is -1.32. The van der Waals surface area contributed by atoms with E-state index in [0.717, 1.165) is 0 Å². The van der Waals surface area contributed by atoms with Gasteiger partial charge in [0.25, 0.3) is 5.88 Å². The van der Waals surface area contributed by atoms with E-state index in [1.807, 2.05) is 13.8 Å². The zero-order chi connectivity index (χ0) is 11.1. The molecule has 0 amide bonds. The first-order valence-corrected chi connectivity index (χ1v) is 4.43. The van der Waals surface area contributed by atoms with Crippen molar-refractivity contribution in [2.75, 3.05) is 14.2 Å². The molecule has 0 saturated carbocycles. The summed E-state index contributed by atoms with van der Waals surface area (Å²) in [4.78, 5) is 3.71. The molecule has 0 saturated heterocycles. The number of ether oxygens (including phenoxy) is 2. The zero-order valence-corrected chi connectivity index (χ0v) is 9.22. The van der Waals surface area contributed by atoms with Crippen LogP contribution >= 0.6 is 0 Å². The van der Waals surface area contributed by atoms with Crippen molar-refractivity contribution in [3.8, 4) is 11.6 Å². The molecule has 80 valence electrons. The monoisotopic (exact) mass is 201 g/mol. The van der Waals surface area contributed by atoms with Gasteiger partial charge in [-0.2, -0.15) is 0 Å². The van der Waals surface area contributed by atoms with E-state index in [1.54, 1.807) is 6.92 Å². The molecule has 1 aromatic rings. The fourth-order valence-electron chi connectivity index (χ4n) is 0.887. The van der Waals surface area contributed by atoms with Crippen LogP contribution in [0, 0.1) is 12.7 Å². The zero-order valence-electron chi connectivity index (χ0n) is 9.22. The van der Waals surface area contributed by atoms with E-state index in [1.165, 1.54) is 20.4 Å². The summed E-state index contributed by atoms with van der Waals surface area (Å²) in [7, 11) is 2.84. The third-order valence-electron chi connectivity index (χ3n) is 1.60. The summed E-state index contributed by atoms with van der Waals surface area (Å²) >= 11 is 0. The van der Waals surface area contributed by atoms with Gasteiger partial charge in [-0.3, -0.25) is 0 Å². The van der Waals surface area contributed by atoms with E-state index >= 15 is 0 Å². The third kappa shape index (κ3) is 2.58. The summed E-state index contributed by atoms with van der Waals surface area (Å²) in [6.07, 6.45) is 1.43. The maximum atomic E-state index is 13.2. The summed E-state index contributed by atoms with van der Waals surface area (Å²) in [5.74, 6) is -0.0570. The number of pyridine rings is 1. The summed E-state index contributed by atoms with van der Waals surface area (Å²) in [6.45, 7) is 5.61. The molecule has 0 unspecified atom stereocenters. The number of methoxy groups -OCH3 is 2. The predicted molar refractivity (Wildman–Crippen MR) is 53.4 cm³/mol. The smallest absolute Gasteiger partial charge is 0.250 e. The average molecular weight is 201 g/mol. The van der Waals surface area contributed by atoms with Gasteiger partial charge in [0, 0.05) is 5.56 Å². The molecule has 14 heavy (non-hydrogen) atoms. The van der Waals surface area contributed by atoms with Crippen molar-refractivity contribution in [1.29, 1.82) is 0 Å². The van der Waals surface area contributed by atoms with Crippen LogP contribution in [0.2, 0.25) is 0 Å². The molecule has 0 fully saturated rings. The summed E-state index contributed by atoms with van der Waals surface area (Å²) in [6, 6.07) is 0. The Morgan fingerprint density at radius 1 is 1.21 bits per heavy atom. The van der Waals surface area contributed by atoms with E-state index in [-0.39, 0.29) is 5.88 Å². The molecule has 0 radical (unpaired) electrons. The quantitative estimate of drug-likeness (QED) is 0.737. The van der Waals surface area contributed by atoms with Crippen LogP contribution in [0.3, 0.4) is 0 Å². The van der Waals surface area contributed by atoms with Gasteiger partial charge < -0.3 is 9.47 Å². The van der Waals surface area contributed by atoms with Crippen LogP contribution in [0.5, 0.6) is 11.6 Å². The van der Waals surface area contributed by atoms with Gasteiger partial charge in [-0.1, -0.05) is 13.8 Å². The van der Waals surface area contributed by atoms with Crippen molar-refractivity contribution >= 4 is 0 Å². The molecule has 1 rings (SSSR count). The first-order chi connectivity index (χ1) is 6.70. The molecule has 1 aromatic heterocycles. The van der Waals surface area contributed by atoms with E-state index in [9.17, 15) is 4.39 Å². The number of halogens is 1. The van der Waals surface area contributed by atoms with E-state index in [2.05, 4.69) is 9.72 Å². The Kier molecular flexibility index (Phi) is 5.60. The Morgan fingerprint density at radius 2 is 1.79 bits per heavy atom. The Morgan fingerprint density at radius 3 is 2.21 bits per heavy atom. The molecule has 3 nitrogen and oxygen atoms in total. The number of hydrogen-bond donors (Lipinski definition) is 0. The first kappa shape index (κ1) is 12.7. The molecule has 4 heteroatoms. The largest absolute Gasteiger partial charge is 0.495 e. The summed E-state index contributed by atoms with van der Waals surface area (Å²) in [5.41, 5.74) is 0.407. The second kappa shape index (κ2) is 6.18. The van der Waals surface area contributed by atoms with Gasteiger partial charge >= 0.3 is 0 Å². The van der Waals surface area contributed by atoms with E-state index in [0.29, 0.717) is 11.3 Å². The predicted octanol–water partition coefficient (Wildman–Crippen LogP) is 2.57. The van der Waals surface area contributed by atoms with Crippen LogP contribution < -0.4 is 9.47 Å². The Bertz CT molecular complexity index is 261. The van der Waals surface area contributed by atoms with E-state index < -0.39 is 5.82 Å². The SMILES string of the molecule is CC.COc1cnc(OC)c(F)c1C. The molecule has 0 bridgehead atoms. The van der Waals surface area contributed by atoms with Crippen molar-refractivity contribution in [2.45, 2.75) is 20.8 Å². The Balaban J connectivity index is 0.000000791. The second-order valence-corrected chi connectivity index (χ2v) is 2.27. The van der Waals surface area contributed by atoms with Gasteiger partial charge in [0.05, 0.1) is 20.4 Å². The highest BCUT2D eigenvalue weighted by Gasteiger charge is 2.11. The number of nitrogens with zero attached hydrogens (tertiary/aromatic N) is 1. The standard InChI is InChI=1S/C8H10FNO2.C2H6/c1-5-6(11-2)4-10-8(12-3)7(5)9;1-2/h4H,1-3H3;1-2H3. The van der Waals surface area contributed by atoms with Gasteiger partial charge in [0.2, 0.25) is 0 Å². The lowest BCUT2D eigenvalue weighted by Gasteiger charge is -2.06. The number of aromatic nitrogens is 1. The van der Waals surface area contributed by atoms with Crippen LogP contribution in [-0.4, -0.2) is 19.2 Å². The lowest BCUT2D eigenvalue weighted by atomic mass is 10.2. The summed E-state index contributed by atoms with van der Waals surface area (Å²) < 4.78 is 22.7. The maximum Gasteiger partial charge on any atom is 0.250 e. The fourth-order valence-corrected chi connectivity index (χ4v) is 0.887. The number of rotatable bonds is 2. The molecule has 0 aliphatic rings. The van der Waals surface area contributed by atoms with Crippen molar-refractivity contribution in [3.63, 3.8) is 0 Å². The van der Waals surface area contributed by atoms with Gasteiger partial charge in [0.15, 0.2) is 5.82 Å². The van der Waals surface area contributed by atoms with Crippen LogP contribution in [0.25, 0.3) is 0 Å². The maximum absolute atomic E-state index is 13.2. The minimum atomic E-state index is -0.475. The fraction of sp³-hybridized carbons (Fsp3) is 0.500. The molecule has 1 heterocycles. The molecule has 0 aliphatic carbocycles. The topological polar surface area (TPSA) is 31.4 Å². The van der Waals surface area contributed by atoms with Crippen molar-refractivity contribution in [1.82, 2.24) is 4.98 Å². The molecule has 0 N–H and O–H groups in total. The van der Waals surface area contributed by atoms with Gasteiger partial charge in [-0.15, -0.1) is 0 Å². The third-order valence-corrected chi connectivity index (χ3v) is 1.60. The lowest BCUT2D eigenvalue weighted by Crippen LogP contribution is -1.97. The Labute approximate surface area is 83.9 Å². The molecule has 0 atom stereocenters. The van der Waals surface area contributed by atoms with Crippen LogP contribution in [0.1, 0.15) is 19.4 Å². The van der Waals surface area contributed by atoms with Gasteiger partial charge in [-0.05, 0) is 6.92 Å². The minimum absolute atomic E-state index is 0.00620.